The molecule has 2 aliphatic heterocycles. The lowest BCUT2D eigenvalue weighted by molar-refractivity contribution is -0.146. The highest BCUT2D eigenvalue weighted by Crippen LogP contribution is 2.43. The second-order valence-electron chi connectivity index (χ2n) is 9.29. The number of aromatic nitrogens is 2. The third-order valence-corrected chi connectivity index (χ3v) is 8.20. The van der Waals surface area contributed by atoms with E-state index in [0.717, 1.165) is 36.2 Å². The molecule has 2 bridgehead atoms. The van der Waals surface area contributed by atoms with Gasteiger partial charge in [-0.1, -0.05) is 37.1 Å². The maximum Gasteiger partial charge on any atom is 0.306 e. The molecule has 0 radical (unpaired) electrons. The molecule has 170 valence electrons. The van der Waals surface area contributed by atoms with Crippen molar-refractivity contribution in [2.24, 2.45) is 17.8 Å². The van der Waals surface area contributed by atoms with Crippen LogP contribution in [0.4, 0.5) is 11.5 Å². The minimum Gasteiger partial charge on any atom is -0.466 e. The van der Waals surface area contributed by atoms with E-state index >= 15 is 0 Å². The van der Waals surface area contributed by atoms with Crippen molar-refractivity contribution < 1.29 is 9.53 Å². The fourth-order valence-corrected chi connectivity index (χ4v) is 6.58. The molecule has 1 aliphatic carbocycles. The van der Waals surface area contributed by atoms with Crippen LogP contribution < -0.4 is 5.32 Å². The lowest BCUT2D eigenvalue weighted by Crippen LogP contribution is -2.47. The molecule has 1 saturated carbocycles. The topological polar surface area (TPSA) is 67.3 Å². The Morgan fingerprint density at radius 1 is 1.16 bits per heavy atom. The second kappa shape index (κ2) is 9.79. The predicted octanol–water partition coefficient (Wildman–Crippen LogP) is 5.27. The van der Waals surface area contributed by atoms with Gasteiger partial charge in [-0.2, -0.15) is 0 Å². The first-order valence-corrected chi connectivity index (χ1v) is 12.8. The molecule has 7 heteroatoms. The quantitative estimate of drug-likeness (QED) is 0.529. The summed E-state index contributed by atoms with van der Waals surface area (Å²) in [7, 11) is 0. The van der Waals surface area contributed by atoms with Crippen LogP contribution in [0.25, 0.3) is 0 Å². The number of carbonyl (C=O) groups excluding carboxylic acids is 1. The maximum atomic E-state index is 12.3. The number of esters is 1. The van der Waals surface area contributed by atoms with Gasteiger partial charge in [-0.05, 0) is 55.2 Å². The van der Waals surface area contributed by atoms with Gasteiger partial charge in [-0.3, -0.25) is 9.69 Å². The summed E-state index contributed by atoms with van der Waals surface area (Å²) in [4.78, 5) is 24.9. The van der Waals surface area contributed by atoms with E-state index in [-0.39, 0.29) is 5.97 Å². The molecule has 3 heterocycles. The molecule has 1 aromatic carbocycles. The second-order valence-corrected chi connectivity index (χ2v) is 10.3. The summed E-state index contributed by atoms with van der Waals surface area (Å²) in [5.74, 6) is 2.48. The number of rotatable bonds is 5. The van der Waals surface area contributed by atoms with E-state index in [4.69, 9.17) is 4.74 Å². The van der Waals surface area contributed by atoms with E-state index in [1.165, 1.54) is 42.6 Å². The molecule has 0 spiro atoms. The first-order valence-electron chi connectivity index (χ1n) is 12.0. The predicted molar refractivity (Wildman–Crippen MR) is 126 cm³/mol. The van der Waals surface area contributed by atoms with Crippen LogP contribution in [-0.4, -0.2) is 40.5 Å². The summed E-state index contributed by atoms with van der Waals surface area (Å²) in [6.07, 6.45) is 10.4. The highest BCUT2D eigenvalue weighted by atomic mass is 32.2. The average molecular weight is 453 g/mol. The van der Waals surface area contributed by atoms with Gasteiger partial charge in [0.2, 0.25) is 0 Å². The lowest BCUT2D eigenvalue weighted by atomic mass is 9.70. The van der Waals surface area contributed by atoms with E-state index in [9.17, 15) is 4.79 Å². The van der Waals surface area contributed by atoms with Gasteiger partial charge in [0.1, 0.15) is 5.03 Å². The van der Waals surface area contributed by atoms with E-state index in [1.54, 1.807) is 24.2 Å². The standard InChI is InChI=1S/C25H32N4O2S/c1-2-31-23(30)13-20-18-6-4-3-5-7-19(20)16-29(15-18)14-17-8-9-22-21(12-17)28-24-25(32-22)27-11-10-26-24/h8-12,18-20H,2-7,13-16H2,1H3,(H,26,28). The molecule has 5 rings (SSSR count). The van der Waals surface area contributed by atoms with Gasteiger partial charge < -0.3 is 10.1 Å². The third kappa shape index (κ3) is 4.79. The zero-order valence-corrected chi connectivity index (χ0v) is 19.6. The molecule has 6 nitrogen and oxygen atoms in total. The number of ether oxygens (including phenoxy) is 1. The Morgan fingerprint density at radius 2 is 1.94 bits per heavy atom. The van der Waals surface area contributed by atoms with Crippen molar-refractivity contribution in [3.8, 4) is 0 Å². The van der Waals surface area contributed by atoms with Crippen molar-refractivity contribution in [2.45, 2.75) is 61.9 Å². The highest BCUT2D eigenvalue weighted by molar-refractivity contribution is 7.99. The molecular formula is C25H32N4O2S. The lowest BCUT2D eigenvalue weighted by Gasteiger charge is -2.45. The van der Waals surface area contributed by atoms with Crippen molar-refractivity contribution in [2.75, 3.05) is 25.0 Å². The molecule has 1 N–H and O–H groups in total. The Bertz CT molecular complexity index is 953. The molecule has 32 heavy (non-hydrogen) atoms. The van der Waals surface area contributed by atoms with Crippen LogP contribution in [-0.2, 0) is 16.1 Å². The minimum absolute atomic E-state index is 0.0110. The van der Waals surface area contributed by atoms with Crippen molar-refractivity contribution in [3.63, 3.8) is 0 Å². The molecule has 0 amide bonds. The zero-order chi connectivity index (χ0) is 21.9. The van der Waals surface area contributed by atoms with Crippen LogP contribution in [0.1, 0.15) is 51.0 Å². The van der Waals surface area contributed by atoms with Crippen molar-refractivity contribution in [1.29, 1.82) is 0 Å². The van der Waals surface area contributed by atoms with Crippen LogP contribution in [0.3, 0.4) is 0 Å². The Balaban J connectivity index is 1.29. The van der Waals surface area contributed by atoms with Gasteiger partial charge in [-0.25, -0.2) is 9.97 Å². The number of anilines is 2. The van der Waals surface area contributed by atoms with Gasteiger partial charge in [-0.15, -0.1) is 0 Å². The number of nitrogens with zero attached hydrogens (tertiary/aromatic N) is 3. The Labute approximate surface area is 194 Å². The molecule has 2 aromatic rings. The summed E-state index contributed by atoms with van der Waals surface area (Å²) in [5.41, 5.74) is 2.44. The fraction of sp³-hybridized carbons (Fsp3) is 0.560. The Morgan fingerprint density at radius 3 is 2.72 bits per heavy atom. The van der Waals surface area contributed by atoms with Crippen LogP contribution in [0.5, 0.6) is 0 Å². The van der Waals surface area contributed by atoms with Gasteiger partial charge in [0, 0.05) is 43.3 Å². The Hall–Kier alpha value is -2.12. The third-order valence-electron chi connectivity index (χ3n) is 7.13. The fourth-order valence-electron chi connectivity index (χ4n) is 5.71. The number of hydrogen-bond donors (Lipinski definition) is 1. The first kappa shape index (κ1) is 21.7. The van der Waals surface area contributed by atoms with E-state index in [0.29, 0.717) is 30.8 Å². The molecule has 2 atom stereocenters. The van der Waals surface area contributed by atoms with E-state index in [2.05, 4.69) is 38.4 Å². The van der Waals surface area contributed by atoms with Crippen molar-refractivity contribution >= 4 is 29.2 Å². The molecular weight excluding hydrogens is 420 g/mol. The summed E-state index contributed by atoms with van der Waals surface area (Å²) < 4.78 is 5.31. The monoisotopic (exact) mass is 452 g/mol. The minimum atomic E-state index is -0.0110. The van der Waals surface area contributed by atoms with Crippen LogP contribution in [0, 0.1) is 17.8 Å². The number of piperidine rings is 1. The number of nitrogens with one attached hydrogen (secondary N) is 1. The van der Waals surface area contributed by atoms with Gasteiger partial charge in [0.05, 0.1) is 12.3 Å². The van der Waals surface area contributed by atoms with Crippen molar-refractivity contribution in [3.05, 3.63) is 36.2 Å². The number of hydrogen-bond acceptors (Lipinski definition) is 7. The SMILES string of the molecule is CCOC(=O)CC1C2CCCCCC1CN(Cc1ccc3c(c1)Nc1nccnc1S3)C2. The first-order chi connectivity index (χ1) is 15.7. The van der Waals surface area contributed by atoms with Crippen LogP contribution >= 0.6 is 11.8 Å². The number of fused-ring (bicyclic) bond motifs is 4. The smallest absolute Gasteiger partial charge is 0.306 e. The number of likely N-dealkylation sites (tertiary alicyclic amines) is 1. The molecule has 2 fully saturated rings. The van der Waals surface area contributed by atoms with E-state index < -0.39 is 0 Å². The van der Waals surface area contributed by atoms with Gasteiger partial charge in [0.25, 0.3) is 0 Å². The van der Waals surface area contributed by atoms with Crippen LogP contribution in [0.2, 0.25) is 0 Å². The van der Waals surface area contributed by atoms with E-state index in [1.807, 2.05) is 6.92 Å². The van der Waals surface area contributed by atoms with Gasteiger partial charge >= 0.3 is 5.97 Å². The summed E-state index contributed by atoms with van der Waals surface area (Å²) in [6, 6.07) is 6.71. The average Bonchev–Trinajstić information content (AvgIpc) is 2.79. The normalized spacial score (nSPS) is 25.0. The maximum absolute atomic E-state index is 12.3. The highest BCUT2D eigenvalue weighted by Gasteiger charge is 2.38. The summed E-state index contributed by atoms with van der Waals surface area (Å²) in [6.45, 7) is 5.48. The summed E-state index contributed by atoms with van der Waals surface area (Å²) in [5, 5.41) is 4.38. The van der Waals surface area contributed by atoms with Gasteiger partial charge in [0.15, 0.2) is 5.82 Å². The Kier molecular flexibility index (Phi) is 6.64. The largest absolute Gasteiger partial charge is 0.466 e. The van der Waals surface area contributed by atoms with Crippen molar-refractivity contribution in [1.82, 2.24) is 14.9 Å². The molecule has 2 unspecified atom stereocenters. The van der Waals surface area contributed by atoms with Crippen LogP contribution in [0.15, 0.2) is 40.5 Å². The zero-order valence-electron chi connectivity index (χ0n) is 18.8. The molecule has 1 saturated heterocycles. The number of carbonyl (C=O) groups is 1. The number of benzene rings is 1. The summed E-state index contributed by atoms with van der Waals surface area (Å²) >= 11 is 1.67. The molecule has 3 aliphatic rings. The molecule has 1 aromatic heterocycles.